The molecule has 0 bridgehead atoms. The van der Waals surface area contributed by atoms with E-state index in [0.717, 1.165) is 18.4 Å². The maximum atomic E-state index is 13.0. The van der Waals surface area contributed by atoms with Crippen LogP contribution >= 0.6 is 0 Å². The van der Waals surface area contributed by atoms with Crippen molar-refractivity contribution in [1.29, 1.82) is 0 Å². The molecule has 0 aromatic heterocycles. The zero-order valence-electron chi connectivity index (χ0n) is 14.2. The van der Waals surface area contributed by atoms with E-state index in [0.29, 0.717) is 18.6 Å². The molecular formula is C18H25NO5. The first-order chi connectivity index (χ1) is 11.5. The normalized spacial score (nSPS) is 17.2. The van der Waals surface area contributed by atoms with Crippen LogP contribution in [-0.2, 0) is 19.7 Å². The van der Waals surface area contributed by atoms with Gasteiger partial charge in [-0.15, -0.1) is 0 Å². The number of benzene rings is 1. The van der Waals surface area contributed by atoms with Gasteiger partial charge in [-0.25, -0.2) is 4.79 Å². The van der Waals surface area contributed by atoms with Crippen molar-refractivity contribution in [2.24, 2.45) is 0 Å². The molecule has 0 radical (unpaired) electrons. The zero-order chi connectivity index (χ0) is 17.6. The lowest BCUT2D eigenvalue weighted by molar-refractivity contribution is -0.143. The highest BCUT2D eigenvalue weighted by Gasteiger charge is 2.44. The number of amides is 1. The molecular weight excluding hydrogens is 310 g/mol. The summed E-state index contributed by atoms with van der Waals surface area (Å²) in [5.74, 6) is -0.573. The Morgan fingerprint density at radius 2 is 2.00 bits per heavy atom. The highest BCUT2D eigenvalue weighted by Crippen LogP contribution is 2.42. The van der Waals surface area contributed by atoms with Crippen molar-refractivity contribution in [3.8, 4) is 5.75 Å². The molecule has 0 spiro atoms. The largest absolute Gasteiger partial charge is 0.497 e. The minimum atomic E-state index is -1.04. The number of carboxylic acids is 1. The van der Waals surface area contributed by atoms with Gasteiger partial charge in [-0.05, 0) is 30.5 Å². The number of ether oxygens (including phenoxy) is 2. The van der Waals surface area contributed by atoms with E-state index < -0.39 is 17.4 Å². The number of methoxy groups -OCH3 is 2. The minimum absolute atomic E-state index is 0.225. The van der Waals surface area contributed by atoms with E-state index in [9.17, 15) is 14.7 Å². The van der Waals surface area contributed by atoms with Gasteiger partial charge in [-0.2, -0.15) is 0 Å². The highest BCUT2D eigenvalue weighted by atomic mass is 16.5. The molecule has 24 heavy (non-hydrogen) atoms. The van der Waals surface area contributed by atoms with E-state index in [1.54, 1.807) is 7.11 Å². The molecule has 0 aliphatic heterocycles. The third-order valence-corrected chi connectivity index (χ3v) is 4.73. The second-order valence-corrected chi connectivity index (χ2v) is 6.17. The van der Waals surface area contributed by atoms with Crippen LogP contribution in [0.3, 0.4) is 0 Å². The molecule has 1 aromatic rings. The molecule has 132 valence electrons. The van der Waals surface area contributed by atoms with Gasteiger partial charge in [0.05, 0.1) is 12.5 Å². The first-order valence-corrected chi connectivity index (χ1v) is 8.21. The lowest BCUT2D eigenvalue weighted by Gasteiger charge is -2.30. The van der Waals surface area contributed by atoms with Crippen LogP contribution < -0.4 is 10.1 Å². The second kappa shape index (κ2) is 8.15. The van der Waals surface area contributed by atoms with E-state index in [1.165, 1.54) is 7.11 Å². The quantitative estimate of drug-likeness (QED) is 0.760. The Bertz CT molecular complexity index is 581. The molecule has 0 heterocycles. The molecule has 2 N–H and O–H groups in total. The van der Waals surface area contributed by atoms with Gasteiger partial charge < -0.3 is 19.9 Å². The highest BCUT2D eigenvalue weighted by molar-refractivity contribution is 5.92. The topological polar surface area (TPSA) is 84.9 Å². The van der Waals surface area contributed by atoms with Crippen molar-refractivity contribution in [1.82, 2.24) is 5.32 Å². The molecule has 1 aromatic carbocycles. The summed E-state index contributed by atoms with van der Waals surface area (Å²) in [6.45, 7) is 0.281. The lowest BCUT2D eigenvalue weighted by Crippen LogP contribution is -2.50. The number of hydrogen-bond donors (Lipinski definition) is 2. The monoisotopic (exact) mass is 335 g/mol. The molecule has 1 amide bonds. The van der Waals surface area contributed by atoms with E-state index in [-0.39, 0.29) is 18.9 Å². The number of rotatable bonds is 8. The van der Waals surface area contributed by atoms with Crippen LogP contribution in [0, 0.1) is 0 Å². The fourth-order valence-electron chi connectivity index (χ4n) is 3.34. The molecule has 1 saturated carbocycles. The summed E-state index contributed by atoms with van der Waals surface area (Å²) in [6.07, 6.45) is 3.55. The molecule has 1 aliphatic carbocycles. The molecule has 1 atom stereocenters. The smallest absolute Gasteiger partial charge is 0.326 e. The first kappa shape index (κ1) is 18.3. The van der Waals surface area contributed by atoms with E-state index in [1.807, 2.05) is 24.3 Å². The Kier molecular flexibility index (Phi) is 6.20. The lowest BCUT2D eigenvalue weighted by atomic mass is 9.77. The summed E-state index contributed by atoms with van der Waals surface area (Å²) in [6, 6.07) is 6.54. The number of nitrogens with one attached hydrogen (secondary N) is 1. The average Bonchev–Trinajstić information content (AvgIpc) is 3.09. The van der Waals surface area contributed by atoms with E-state index in [2.05, 4.69) is 5.32 Å². The van der Waals surface area contributed by atoms with Gasteiger partial charge in [0, 0.05) is 20.1 Å². The van der Waals surface area contributed by atoms with Crippen LogP contribution in [0.25, 0.3) is 0 Å². The fraction of sp³-hybridized carbons (Fsp3) is 0.556. The minimum Gasteiger partial charge on any atom is -0.497 e. The van der Waals surface area contributed by atoms with Crippen molar-refractivity contribution < 1.29 is 24.2 Å². The predicted molar refractivity (Wildman–Crippen MR) is 89.2 cm³/mol. The molecule has 2 rings (SSSR count). The summed E-state index contributed by atoms with van der Waals surface area (Å²) in [5.41, 5.74) is 0.197. The van der Waals surface area contributed by atoms with Crippen molar-refractivity contribution in [3.63, 3.8) is 0 Å². The number of carboxylic acid groups (broad SMARTS) is 1. The Morgan fingerprint density at radius 1 is 1.29 bits per heavy atom. The summed E-state index contributed by atoms with van der Waals surface area (Å²) in [7, 11) is 3.10. The number of aliphatic carboxylic acids is 1. The Labute approximate surface area is 142 Å². The molecule has 1 unspecified atom stereocenters. The van der Waals surface area contributed by atoms with Crippen LogP contribution in [-0.4, -0.2) is 43.9 Å². The van der Waals surface area contributed by atoms with Crippen molar-refractivity contribution in [2.75, 3.05) is 20.8 Å². The molecule has 6 heteroatoms. The second-order valence-electron chi connectivity index (χ2n) is 6.17. The van der Waals surface area contributed by atoms with Gasteiger partial charge in [0.1, 0.15) is 11.8 Å². The van der Waals surface area contributed by atoms with Gasteiger partial charge in [0.15, 0.2) is 0 Å². The Hall–Kier alpha value is -2.08. The zero-order valence-corrected chi connectivity index (χ0v) is 14.2. The van der Waals surface area contributed by atoms with Gasteiger partial charge >= 0.3 is 5.97 Å². The fourth-order valence-corrected chi connectivity index (χ4v) is 3.34. The maximum absolute atomic E-state index is 13.0. The number of carbonyl (C=O) groups excluding carboxylic acids is 1. The van der Waals surface area contributed by atoms with Crippen LogP contribution in [0.5, 0.6) is 5.75 Å². The molecule has 1 fully saturated rings. The summed E-state index contributed by atoms with van der Waals surface area (Å²) in [4.78, 5) is 24.4. The standard InChI is InChI=1S/C18H25NO5/c1-23-11-8-15(16(20)21)19-17(22)18(9-3-4-10-18)13-6-5-7-14(12-13)24-2/h5-7,12,15H,3-4,8-11H2,1-2H3,(H,19,22)(H,20,21). The van der Waals surface area contributed by atoms with E-state index >= 15 is 0 Å². The van der Waals surface area contributed by atoms with Gasteiger partial charge in [-0.3, -0.25) is 4.79 Å². The van der Waals surface area contributed by atoms with Gasteiger partial charge in [0.2, 0.25) is 5.91 Å². The molecule has 0 saturated heterocycles. The summed E-state index contributed by atoms with van der Waals surface area (Å²) < 4.78 is 10.2. The molecule has 6 nitrogen and oxygen atoms in total. The van der Waals surface area contributed by atoms with Crippen molar-refractivity contribution in [3.05, 3.63) is 29.8 Å². The van der Waals surface area contributed by atoms with Crippen molar-refractivity contribution in [2.45, 2.75) is 43.6 Å². The summed E-state index contributed by atoms with van der Waals surface area (Å²) >= 11 is 0. The van der Waals surface area contributed by atoms with Crippen LogP contribution in [0.2, 0.25) is 0 Å². The number of hydrogen-bond acceptors (Lipinski definition) is 4. The predicted octanol–water partition coefficient (Wildman–Crippen LogP) is 2.11. The first-order valence-electron chi connectivity index (χ1n) is 8.21. The maximum Gasteiger partial charge on any atom is 0.326 e. The van der Waals surface area contributed by atoms with Crippen LogP contribution in [0.1, 0.15) is 37.7 Å². The number of carbonyl (C=O) groups is 2. The SMILES string of the molecule is COCCC(NC(=O)C1(c2cccc(OC)c2)CCCC1)C(=O)O. The summed E-state index contributed by atoms with van der Waals surface area (Å²) in [5, 5.41) is 12.0. The van der Waals surface area contributed by atoms with Gasteiger partial charge in [-0.1, -0.05) is 25.0 Å². The average molecular weight is 335 g/mol. The third kappa shape index (κ3) is 3.87. The third-order valence-electron chi connectivity index (χ3n) is 4.73. The van der Waals surface area contributed by atoms with Crippen LogP contribution in [0.4, 0.5) is 0 Å². The van der Waals surface area contributed by atoms with Crippen molar-refractivity contribution >= 4 is 11.9 Å². The van der Waals surface area contributed by atoms with E-state index in [4.69, 9.17) is 9.47 Å². The Morgan fingerprint density at radius 3 is 2.58 bits per heavy atom. The van der Waals surface area contributed by atoms with Crippen LogP contribution in [0.15, 0.2) is 24.3 Å². The Balaban J connectivity index is 2.25. The molecule has 1 aliphatic rings. The van der Waals surface area contributed by atoms with Gasteiger partial charge in [0.25, 0.3) is 0 Å².